The second-order valence-corrected chi connectivity index (χ2v) is 6.90. The first-order valence-corrected chi connectivity index (χ1v) is 9.75. The highest BCUT2D eigenvalue weighted by molar-refractivity contribution is 5.92. The largest absolute Gasteiger partial charge is 0.494 e. The van der Waals surface area contributed by atoms with Crippen LogP contribution >= 0.6 is 0 Å². The Morgan fingerprint density at radius 1 is 1.00 bits per heavy atom. The normalized spacial score (nSPS) is 10.6. The van der Waals surface area contributed by atoms with Gasteiger partial charge in [0.1, 0.15) is 5.75 Å². The van der Waals surface area contributed by atoms with Crippen molar-refractivity contribution in [2.45, 2.75) is 33.4 Å². The molecule has 6 nitrogen and oxygen atoms in total. The van der Waals surface area contributed by atoms with Gasteiger partial charge in [-0.1, -0.05) is 30.3 Å². The maximum atomic E-state index is 12.9. The summed E-state index contributed by atoms with van der Waals surface area (Å²) in [6.45, 7) is 7.10. The lowest BCUT2D eigenvalue weighted by molar-refractivity contribution is 0.0683. The number of carbonyl (C=O) groups excluding carboxylic acids is 1. The molecule has 0 aliphatic heterocycles. The molecule has 150 valence electrons. The minimum absolute atomic E-state index is 0.0474. The molecule has 0 bridgehead atoms. The molecule has 0 fully saturated rings. The molecule has 1 heterocycles. The molecule has 0 aliphatic rings. The lowest BCUT2D eigenvalue weighted by Crippen LogP contribution is -2.37. The third-order valence-corrected chi connectivity index (χ3v) is 4.40. The van der Waals surface area contributed by atoms with Gasteiger partial charge >= 0.3 is 0 Å². The van der Waals surface area contributed by atoms with Gasteiger partial charge in [-0.3, -0.25) is 4.79 Å². The third kappa shape index (κ3) is 5.54. The number of hydrogen-bond acceptors (Lipinski definition) is 5. The van der Waals surface area contributed by atoms with E-state index in [4.69, 9.17) is 4.74 Å². The summed E-state index contributed by atoms with van der Waals surface area (Å²) in [6.07, 6.45) is 0. The molecular formula is C23H26N4O2. The summed E-state index contributed by atoms with van der Waals surface area (Å²) in [5.74, 6) is 1.26. The van der Waals surface area contributed by atoms with Gasteiger partial charge in [0.15, 0.2) is 11.5 Å². The molecular weight excluding hydrogens is 364 g/mol. The molecule has 3 aromatic rings. The average molecular weight is 390 g/mol. The van der Waals surface area contributed by atoms with Gasteiger partial charge in [-0.25, -0.2) is 0 Å². The topological polar surface area (TPSA) is 67.3 Å². The van der Waals surface area contributed by atoms with Gasteiger partial charge in [0.05, 0.1) is 6.61 Å². The van der Waals surface area contributed by atoms with E-state index in [0.717, 1.165) is 17.0 Å². The number of rotatable bonds is 8. The lowest BCUT2D eigenvalue weighted by Gasteiger charge is -2.26. The Labute approximate surface area is 171 Å². The number of carbonyl (C=O) groups is 1. The number of anilines is 2. The van der Waals surface area contributed by atoms with Crippen LogP contribution in [0.1, 0.15) is 36.8 Å². The molecule has 1 aromatic heterocycles. The summed E-state index contributed by atoms with van der Waals surface area (Å²) in [6, 6.07) is 21.0. The van der Waals surface area contributed by atoms with E-state index in [0.29, 0.717) is 24.7 Å². The van der Waals surface area contributed by atoms with E-state index < -0.39 is 0 Å². The molecule has 0 atom stereocenters. The van der Waals surface area contributed by atoms with Crippen molar-refractivity contribution in [2.75, 3.05) is 11.9 Å². The lowest BCUT2D eigenvalue weighted by atomic mass is 10.1. The van der Waals surface area contributed by atoms with E-state index >= 15 is 0 Å². The van der Waals surface area contributed by atoms with Crippen LogP contribution in [-0.4, -0.2) is 33.7 Å². The van der Waals surface area contributed by atoms with Gasteiger partial charge in [-0.2, -0.15) is 0 Å². The summed E-state index contributed by atoms with van der Waals surface area (Å²) in [4.78, 5) is 14.7. The first-order chi connectivity index (χ1) is 14.1. The van der Waals surface area contributed by atoms with Crippen molar-refractivity contribution < 1.29 is 9.53 Å². The molecule has 0 spiro atoms. The van der Waals surface area contributed by atoms with Crippen LogP contribution in [0.4, 0.5) is 11.5 Å². The summed E-state index contributed by atoms with van der Waals surface area (Å²) in [7, 11) is 0. The fraction of sp³-hybridized carbons (Fsp3) is 0.261. The van der Waals surface area contributed by atoms with E-state index in [1.165, 1.54) is 0 Å². The number of nitrogens with zero attached hydrogens (tertiary/aromatic N) is 3. The Kier molecular flexibility index (Phi) is 6.79. The second kappa shape index (κ2) is 9.68. The first kappa shape index (κ1) is 20.3. The van der Waals surface area contributed by atoms with Gasteiger partial charge in [0, 0.05) is 18.3 Å². The van der Waals surface area contributed by atoms with Crippen LogP contribution < -0.4 is 10.1 Å². The summed E-state index contributed by atoms with van der Waals surface area (Å²) in [5.41, 5.74) is 2.28. The Hall–Kier alpha value is -3.41. The third-order valence-electron chi connectivity index (χ3n) is 4.40. The van der Waals surface area contributed by atoms with E-state index in [-0.39, 0.29) is 11.9 Å². The highest BCUT2D eigenvalue weighted by Crippen LogP contribution is 2.19. The molecule has 0 aliphatic carbocycles. The van der Waals surface area contributed by atoms with Crippen molar-refractivity contribution in [1.82, 2.24) is 15.1 Å². The van der Waals surface area contributed by atoms with Gasteiger partial charge in [-0.05, 0) is 62.7 Å². The monoisotopic (exact) mass is 390 g/mol. The maximum absolute atomic E-state index is 12.9. The van der Waals surface area contributed by atoms with Crippen molar-refractivity contribution in [2.24, 2.45) is 0 Å². The molecule has 6 heteroatoms. The molecule has 0 saturated carbocycles. The zero-order valence-electron chi connectivity index (χ0n) is 17.0. The highest BCUT2D eigenvalue weighted by atomic mass is 16.5. The number of benzene rings is 2. The Morgan fingerprint density at radius 2 is 1.72 bits per heavy atom. The molecule has 0 unspecified atom stereocenters. The number of hydrogen-bond donors (Lipinski definition) is 1. The molecule has 2 aromatic carbocycles. The maximum Gasteiger partial charge on any atom is 0.274 e. The van der Waals surface area contributed by atoms with Crippen molar-refractivity contribution in [1.29, 1.82) is 0 Å². The second-order valence-electron chi connectivity index (χ2n) is 6.90. The van der Waals surface area contributed by atoms with Crippen molar-refractivity contribution in [3.05, 3.63) is 78.0 Å². The Bertz CT molecular complexity index is 910. The molecule has 29 heavy (non-hydrogen) atoms. The fourth-order valence-corrected chi connectivity index (χ4v) is 2.88. The number of aromatic nitrogens is 2. The average Bonchev–Trinajstić information content (AvgIpc) is 2.74. The summed E-state index contributed by atoms with van der Waals surface area (Å²) in [5, 5.41) is 11.5. The predicted octanol–water partition coefficient (Wildman–Crippen LogP) is 4.67. The zero-order chi connectivity index (χ0) is 20.6. The van der Waals surface area contributed by atoms with Crippen molar-refractivity contribution in [3.8, 4) is 5.75 Å². The minimum atomic E-state index is -0.135. The first-order valence-electron chi connectivity index (χ1n) is 9.75. The predicted molar refractivity (Wildman–Crippen MR) is 114 cm³/mol. The smallest absolute Gasteiger partial charge is 0.274 e. The molecule has 0 radical (unpaired) electrons. The van der Waals surface area contributed by atoms with Gasteiger partial charge in [0.2, 0.25) is 0 Å². The highest BCUT2D eigenvalue weighted by Gasteiger charge is 2.20. The summed E-state index contributed by atoms with van der Waals surface area (Å²) >= 11 is 0. The number of amides is 1. The SMILES string of the molecule is CCOc1ccc(Nc2ccc(C(=O)N(Cc3ccccc3)C(C)C)nn2)cc1. The van der Waals surface area contributed by atoms with Crippen LogP contribution in [-0.2, 0) is 6.54 Å². The van der Waals surface area contributed by atoms with E-state index in [1.807, 2.05) is 75.4 Å². The van der Waals surface area contributed by atoms with E-state index in [2.05, 4.69) is 15.5 Å². The Morgan fingerprint density at radius 3 is 2.31 bits per heavy atom. The standard InChI is InChI=1S/C23H26N4O2/c1-4-29-20-12-10-19(11-13-20)24-22-15-14-21(25-26-22)23(28)27(17(2)3)16-18-8-6-5-7-9-18/h5-15,17H,4,16H2,1-3H3,(H,24,26). The van der Waals surface area contributed by atoms with Gasteiger partial charge < -0.3 is 15.0 Å². The van der Waals surface area contributed by atoms with E-state index in [9.17, 15) is 4.79 Å². The van der Waals surface area contributed by atoms with Crippen LogP contribution in [0.25, 0.3) is 0 Å². The quantitative estimate of drug-likeness (QED) is 0.605. The van der Waals surface area contributed by atoms with Crippen molar-refractivity contribution in [3.63, 3.8) is 0 Å². The minimum Gasteiger partial charge on any atom is -0.494 e. The van der Waals surface area contributed by atoms with Crippen molar-refractivity contribution >= 4 is 17.4 Å². The van der Waals surface area contributed by atoms with Crippen LogP contribution in [0.2, 0.25) is 0 Å². The summed E-state index contributed by atoms with van der Waals surface area (Å²) < 4.78 is 5.44. The number of ether oxygens (including phenoxy) is 1. The molecule has 1 N–H and O–H groups in total. The van der Waals surface area contributed by atoms with Crippen LogP contribution in [0, 0.1) is 0 Å². The molecule has 3 rings (SSSR count). The fourth-order valence-electron chi connectivity index (χ4n) is 2.88. The number of nitrogens with one attached hydrogen (secondary N) is 1. The van der Waals surface area contributed by atoms with Gasteiger partial charge in [-0.15, -0.1) is 10.2 Å². The van der Waals surface area contributed by atoms with Crippen LogP contribution in [0.5, 0.6) is 5.75 Å². The molecule has 0 saturated heterocycles. The van der Waals surface area contributed by atoms with Crippen LogP contribution in [0.3, 0.4) is 0 Å². The van der Waals surface area contributed by atoms with Gasteiger partial charge in [0.25, 0.3) is 5.91 Å². The Balaban J connectivity index is 1.68. The van der Waals surface area contributed by atoms with E-state index in [1.54, 1.807) is 17.0 Å². The van der Waals surface area contributed by atoms with Crippen LogP contribution in [0.15, 0.2) is 66.7 Å². The molecule has 1 amide bonds. The zero-order valence-corrected chi connectivity index (χ0v) is 17.0.